The number of aromatic nitrogens is 1. The molecule has 27 heavy (non-hydrogen) atoms. The number of hydrogen-bond acceptors (Lipinski definition) is 7. The molecule has 0 spiro atoms. The van der Waals surface area contributed by atoms with Gasteiger partial charge in [-0.2, -0.15) is 0 Å². The van der Waals surface area contributed by atoms with E-state index in [0.29, 0.717) is 18.1 Å². The van der Waals surface area contributed by atoms with Gasteiger partial charge >= 0.3 is 0 Å². The first-order chi connectivity index (χ1) is 13.0. The molecule has 0 aliphatic heterocycles. The van der Waals surface area contributed by atoms with Crippen LogP contribution in [0.3, 0.4) is 0 Å². The first-order valence-corrected chi connectivity index (χ1v) is 9.04. The maximum atomic E-state index is 9.81. The molecule has 0 amide bonds. The van der Waals surface area contributed by atoms with Gasteiger partial charge in [-0.05, 0) is 39.1 Å². The van der Waals surface area contributed by atoms with E-state index >= 15 is 0 Å². The highest BCUT2D eigenvalue weighted by molar-refractivity contribution is 5.93. The lowest BCUT2D eigenvalue weighted by atomic mass is 10.1. The van der Waals surface area contributed by atoms with Crippen molar-refractivity contribution < 1.29 is 9.84 Å². The molecular formula is C20H29N5O2. The minimum Gasteiger partial charge on any atom is -0.491 e. The van der Waals surface area contributed by atoms with Crippen LogP contribution in [-0.4, -0.2) is 55.7 Å². The summed E-state index contributed by atoms with van der Waals surface area (Å²) in [5.41, 5.74) is 3.22. The van der Waals surface area contributed by atoms with E-state index in [1.807, 2.05) is 51.2 Å². The smallest absolute Gasteiger partial charge is 0.137 e. The highest BCUT2D eigenvalue weighted by Crippen LogP contribution is 2.30. The van der Waals surface area contributed by atoms with Gasteiger partial charge in [-0.1, -0.05) is 12.1 Å². The van der Waals surface area contributed by atoms with Crippen molar-refractivity contribution in [2.45, 2.75) is 26.0 Å². The number of nitrogens with one attached hydrogen (secondary N) is 4. The summed E-state index contributed by atoms with van der Waals surface area (Å²) in [6, 6.07) is 9.73. The molecule has 1 unspecified atom stereocenters. The summed E-state index contributed by atoms with van der Waals surface area (Å²) in [5.74, 6) is 1.34. The SMILES string of the molecule is CNCC(O)COc1cccc(-c2cc(NC)c(C=N)c(NC(C)C)n2)c1. The van der Waals surface area contributed by atoms with Crippen LogP contribution < -0.4 is 20.7 Å². The zero-order valence-corrected chi connectivity index (χ0v) is 16.3. The number of aliphatic hydroxyl groups is 1. The van der Waals surface area contributed by atoms with Gasteiger partial charge in [-0.15, -0.1) is 0 Å². The average Bonchev–Trinajstić information content (AvgIpc) is 2.65. The summed E-state index contributed by atoms with van der Waals surface area (Å²) < 4.78 is 5.69. The molecule has 1 atom stereocenters. The van der Waals surface area contributed by atoms with Gasteiger partial charge in [0, 0.05) is 37.1 Å². The molecule has 146 valence electrons. The lowest BCUT2D eigenvalue weighted by Gasteiger charge is -2.17. The van der Waals surface area contributed by atoms with Gasteiger partial charge in [0.2, 0.25) is 0 Å². The van der Waals surface area contributed by atoms with Crippen molar-refractivity contribution in [2.24, 2.45) is 0 Å². The van der Waals surface area contributed by atoms with E-state index in [9.17, 15) is 5.11 Å². The Morgan fingerprint density at radius 2 is 2.04 bits per heavy atom. The van der Waals surface area contributed by atoms with E-state index in [1.165, 1.54) is 6.21 Å². The van der Waals surface area contributed by atoms with Gasteiger partial charge in [-0.3, -0.25) is 0 Å². The summed E-state index contributed by atoms with van der Waals surface area (Å²) in [4.78, 5) is 4.71. The van der Waals surface area contributed by atoms with Crippen LogP contribution in [0, 0.1) is 5.41 Å². The summed E-state index contributed by atoms with van der Waals surface area (Å²) >= 11 is 0. The normalized spacial score (nSPS) is 11.9. The average molecular weight is 371 g/mol. The molecule has 5 N–H and O–H groups in total. The second-order valence-corrected chi connectivity index (χ2v) is 6.56. The Bertz CT molecular complexity index is 764. The Balaban J connectivity index is 2.34. The lowest BCUT2D eigenvalue weighted by molar-refractivity contribution is 0.108. The maximum Gasteiger partial charge on any atom is 0.137 e. The summed E-state index contributed by atoms with van der Waals surface area (Å²) in [6.45, 7) is 4.76. The first kappa shape index (κ1) is 20.7. The highest BCUT2D eigenvalue weighted by atomic mass is 16.5. The number of rotatable bonds is 10. The fraction of sp³-hybridized carbons (Fsp3) is 0.400. The molecule has 2 rings (SSSR count). The van der Waals surface area contributed by atoms with Crippen molar-refractivity contribution in [3.8, 4) is 17.0 Å². The van der Waals surface area contributed by atoms with Crippen molar-refractivity contribution >= 4 is 17.7 Å². The van der Waals surface area contributed by atoms with E-state index in [1.54, 1.807) is 7.05 Å². The van der Waals surface area contributed by atoms with Crippen LogP contribution in [0.1, 0.15) is 19.4 Å². The van der Waals surface area contributed by atoms with Crippen LogP contribution in [-0.2, 0) is 0 Å². The lowest BCUT2D eigenvalue weighted by Crippen LogP contribution is -2.29. The predicted octanol–water partition coefficient (Wildman–Crippen LogP) is 2.57. The summed E-state index contributed by atoms with van der Waals surface area (Å²) in [7, 11) is 3.61. The minimum absolute atomic E-state index is 0.194. The predicted molar refractivity (Wildman–Crippen MR) is 111 cm³/mol. The standard InChI is InChI=1S/C20H29N5O2/c1-13(2)24-20-17(10-21)19(23-4)9-18(25-20)14-6-5-7-16(8-14)27-12-15(26)11-22-3/h5-10,13,15,21-22,26H,11-12H2,1-4H3,(H2,23,24,25). The van der Waals surface area contributed by atoms with Crippen LogP contribution in [0.2, 0.25) is 0 Å². The molecule has 0 radical (unpaired) electrons. The topological polar surface area (TPSA) is 102 Å². The monoisotopic (exact) mass is 371 g/mol. The molecule has 0 aliphatic rings. The molecule has 7 nitrogen and oxygen atoms in total. The number of aliphatic hydroxyl groups excluding tert-OH is 1. The fourth-order valence-corrected chi connectivity index (χ4v) is 2.67. The van der Waals surface area contributed by atoms with Gasteiger partial charge in [0.15, 0.2) is 0 Å². The Labute approximate surface area is 160 Å². The number of hydrogen-bond donors (Lipinski definition) is 5. The summed E-state index contributed by atoms with van der Waals surface area (Å²) in [6.07, 6.45) is 0.733. The van der Waals surface area contributed by atoms with Crippen molar-refractivity contribution in [2.75, 3.05) is 37.9 Å². The molecule has 1 aromatic carbocycles. The molecule has 0 fully saturated rings. The highest BCUT2D eigenvalue weighted by Gasteiger charge is 2.13. The molecule has 1 heterocycles. The number of benzene rings is 1. The second-order valence-electron chi connectivity index (χ2n) is 6.56. The largest absolute Gasteiger partial charge is 0.491 e. The Morgan fingerprint density at radius 3 is 2.67 bits per heavy atom. The Morgan fingerprint density at radius 1 is 1.26 bits per heavy atom. The number of pyridine rings is 1. The maximum absolute atomic E-state index is 9.81. The van der Waals surface area contributed by atoms with Gasteiger partial charge in [-0.25, -0.2) is 4.98 Å². The fourth-order valence-electron chi connectivity index (χ4n) is 2.67. The molecular weight excluding hydrogens is 342 g/mol. The number of likely N-dealkylation sites (N-methyl/N-ethyl adjacent to an activating group) is 1. The molecule has 0 saturated heterocycles. The van der Waals surface area contributed by atoms with Crippen molar-refractivity contribution in [1.82, 2.24) is 10.3 Å². The van der Waals surface area contributed by atoms with Gasteiger partial charge in [0.1, 0.15) is 24.3 Å². The Hall–Kier alpha value is -2.64. The van der Waals surface area contributed by atoms with Crippen molar-refractivity contribution in [3.63, 3.8) is 0 Å². The van der Waals surface area contributed by atoms with E-state index in [2.05, 4.69) is 16.0 Å². The van der Waals surface area contributed by atoms with E-state index in [0.717, 1.165) is 22.5 Å². The van der Waals surface area contributed by atoms with Crippen molar-refractivity contribution in [1.29, 1.82) is 5.41 Å². The quantitative estimate of drug-likeness (QED) is 0.412. The third-order valence-electron chi connectivity index (χ3n) is 3.91. The van der Waals surface area contributed by atoms with Crippen LogP contribution in [0.4, 0.5) is 11.5 Å². The zero-order valence-electron chi connectivity index (χ0n) is 16.3. The van der Waals surface area contributed by atoms with E-state index < -0.39 is 6.10 Å². The molecule has 0 saturated carbocycles. The molecule has 7 heteroatoms. The number of nitrogens with zero attached hydrogens (tertiary/aromatic N) is 1. The van der Waals surface area contributed by atoms with E-state index in [-0.39, 0.29) is 12.6 Å². The van der Waals surface area contributed by atoms with Gasteiger partial charge < -0.3 is 31.2 Å². The molecule has 2 aromatic rings. The van der Waals surface area contributed by atoms with Crippen LogP contribution in [0.15, 0.2) is 30.3 Å². The molecule has 0 bridgehead atoms. The Kier molecular flexibility index (Phi) is 7.57. The third kappa shape index (κ3) is 5.67. The molecule has 1 aromatic heterocycles. The van der Waals surface area contributed by atoms with Gasteiger partial charge in [0.05, 0.1) is 11.3 Å². The van der Waals surface area contributed by atoms with Crippen LogP contribution >= 0.6 is 0 Å². The van der Waals surface area contributed by atoms with Crippen LogP contribution in [0.25, 0.3) is 11.3 Å². The van der Waals surface area contributed by atoms with Gasteiger partial charge in [0.25, 0.3) is 0 Å². The molecule has 0 aliphatic carbocycles. The first-order valence-electron chi connectivity index (χ1n) is 9.04. The van der Waals surface area contributed by atoms with Crippen molar-refractivity contribution in [3.05, 3.63) is 35.9 Å². The van der Waals surface area contributed by atoms with E-state index in [4.69, 9.17) is 15.1 Å². The minimum atomic E-state index is -0.568. The van der Waals surface area contributed by atoms with Crippen LogP contribution in [0.5, 0.6) is 5.75 Å². The summed E-state index contributed by atoms with van der Waals surface area (Å²) in [5, 5.41) is 26.9. The second kappa shape index (κ2) is 9.89. The number of anilines is 2. The number of ether oxygens (including phenoxy) is 1. The zero-order chi connectivity index (χ0) is 19.8. The third-order valence-corrected chi connectivity index (χ3v) is 3.91.